The van der Waals surface area contributed by atoms with Gasteiger partial charge in [-0.2, -0.15) is 13.1 Å². The normalized spacial score (nSPS) is 14.7. The van der Waals surface area contributed by atoms with Crippen molar-refractivity contribution in [3.05, 3.63) is 82.9 Å². The molecule has 4 N–H and O–H groups in total. The SMILES string of the molecule is CCCN(CCCNC(=O)OC(C)(C)C)C(=O)C1=Cc2ccc(-c3cccc(S(=O)(=O)N4CC(CNC(=O)CC(C)(C)OCCC(C)(C)C(=O)Oc5c(F)c(F)cc(F)c5F)C4)c3)cc2N=C(N)C1. The molecule has 1 saturated heterocycles. The van der Waals surface area contributed by atoms with Crippen LogP contribution in [0.2, 0.25) is 0 Å². The highest BCUT2D eigenvalue weighted by Crippen LogP contribution is 2.35. The van der Waals surface area contributed by atoms with Gasteiger partial charge in [0.05, 0.1) is 28.0 Å². The van der Waals surface area contributed by atoms with Crippen LogP contribution in [0.3, 0.4) is 0 Å². The molecule has 1 fully saturated rings. The van der Waals surface area contributed by atoms with E-state index >= 15 is 0 Å². The molecule has 0 radical (unpaired) electrons. The minimum atomic E-state index is -3.90. The van der Waals surface area contributed by atoms with Crippen molar-refractivity contribution in [2.24, 2.45) is 22.1 Å². The number of amides is 3. The molecule has 376 valence electrons. The zero-order valence-electron chi connectivity index (χ0n) is 40.3. The maximum atomic E-state index is 14.1. The van der Waals surface area contributed by atoms with Crippen LogP contribution in [-0.2, 0) is 33.9 Å². The summed E-state index contributed by atoms with van der Waals surface area (Å²) >= 11 is 0. The zero-order chi connectivity index (χ0) is 51.1. The molecule has 0 aliphatic carbocycles. The molecule has 3 amide bonds. The Morgan fingerprint density at radius 3 is 2.22 bits per heavy atom. The number of nitrogens with zero attached hydrogens (tertiary/aromatic N) is 3. The van der Waals surface area contributed by atoms with E-state index in [-0.39, 0.29) is 80.0 Å². The third kappa shape index (κ3) is 14.6. The van der Waals surface area contributed by atoms with E-state index in [0.717, 1.165) is 6.42 Å². The molecule has 20 heteroatoms. The number of sulfonamides is 1. The molecule has 3 aromatic rings. The summed E-state index contributed by atoms with van der Waals surface area (Å²) in [7, 11) is -3.90. The van der Waals surface area contributed by atoms with Gasteiger partial charge in [-0.15, -0.1) is 0 Å². The van der Waals surface area contributed by atoms with Crippen molar-refractivity contribution in [3.8, 4) is 16.9 Å². The average Bonchev–Trinajstić information content (AvgIpc) is 3.41. The fourth-order valence-electron chi connectivity index (χ4n) is 7.42. The molecule has 2 heterocycles. The van der Waals surface area contributed by atoms with Crippen LogP contribution >= 0.6 is 0 Å². The number of esters is 1. The number of fused-ring (bicyclic) bond motifs is 1. The quantitative estimate of drug-likeness (QED) is 0.0330. The van der Waals surface area contributed by atoms with E-state index < -0.39 is 67.7 Å². The maximum absolute atomic E-state index is 14.1. The second-order valence-electron chi connectivity index (χ2n) is 19.4. The molecule has 5 rings (SSSR count). The van der Waals surface area contributed by atoms with E-state index in [1.807, 2.05) is 19.1 Å². The van der Waals surface area contributed by atoms with Gasteiger partial charge in [-0.25, -0.2) is 27.0 Å². The van der Waals surface area contributed by atoms with Crippen LogP contribution < -0.4 is 21.1 Å². The fraction of sp³-hybridized carbons (Fsp3) is 0.490. The molecule has 0 aromatic heterocycles. The maximum Gasteiger partial charge on any atom is 0.407 e. The van der Waals surface area contributed by atoms with Crippen molar-refractivity contribution in [3.63, 3.8) is 0 Å². The highest BCUT2D eigenvalue weighted by Gasteiger charge is 2.38. The first kappa shape index (κ1) is 54.1. The minimum absolute atomic E-state index is 0.00298. The number of carbonyl (C=O) groups excluding carboxylic acids is 4. The predicted molar refractivity (Wildman–Crippen MR) is 252 cm³/mol. The van der Waals surface area contributed by atoms with Gasteiger partial charge in [-0.1, -0.05) is 31.2 Å². The van der Waals surface area contributed by atoms with Crippen LogP contribution in [-0.4, -0.2) is 104 Å². The van der Waals surface area contributed by atoms with Gasteiger partial charge in [0.25, 0.3) is 0 Å². The third-order valence-electron chi connectivity index (χ3n) is 11.3. The summed E-state index contributed by atoms with van der Waals surface area (Å²) in [6, 6.07) is 12.0. The van der Waals surface area contributed by atoms with Crippen molar-refractivity contribution >= 4 is 51.5 Å². The molecule has 2 aliphatic rings. The van der Waals surface area contributed by atoms with Gasteiger partial charge >= 0.3 is 12.1 Å². The number of ether oxygens (including phenoxy) is 3. The van der Waals surface area contributed by atoms with Crippen LogP contribution in [0.4, 0.5) is 28.0 Å². The topological polar surface area (TPSA) is 199 Å². The van der Waals surface area contributed by atoms with Gasteiger partial charge in [0.15, 0.2) is 11.6 Å². The van der Waals surface area contributed by atoms with Gasteiger partial charge in [0.1, 0.15) is 11.4 Å². The van der Waals surface area contributed by atoms with Crippen molar-refractivity contribution in [2.75, 3.05) is 45.9 Å². The summed E-state index contributed by atoms with van der Waals surface area (Å²) in [4.78, 5) is 57.9. The predicted octanol–water partition coefficient (Wildman–Crippen LogP) is 7.78. The summed E-state index contributed by atoms with van der Waals surface area (Å²) in [5.74, 6) is -10.2. The van der Waals surface area contributed by atoms with Gasteiger partial charge in [-0.3, -0.25) is 14.4 Å². The lowest BCUT2D eigenvalue weighted by Gasteiger charge is -2.38. The number of amidine groups is 1. The second-order valence-corrected chi connectivity index (χ2v) is 21.4. The van der Waals surface area contributed by atoms with Gasteiger partial charge in [0, 0.05) is 75.4 Å². The summed E-state index contributed by atoms with van der Waals surface area (Å²) in [5.41, 5.74) is 6.27. The number of aliphatic imine (C=N–C) groups is 1. The van der Waals surface area contributed by atoms with Crippen molar-refractivity contribution in [1.82, 2.24) is 19.8 Å². The molecule has 69 heavy (non-hydrogen) atoms. The summed E-state index contributed by atoms with van der Waals surface area (Å²) in [5, 5.41) is 5.54. The van der Waals surface area contributed by atoms with Crippen molar-refractivity contribution < 1.29 is 59.4 Å². The van der Waals surface area contributed by atoms with E-state index in [1.54, 1.807) is 69.9 Å². The fourth-order valence-corrected chi connectivity index (χ4v) is 9.06. The van der Waals surface area contributed by atoms with E-state index in [9.17, 15) is 45.2 Å². The Balaban J connectivity index is 1.11. The lowest BCUT2D eigenvalue weighted by atomic mass is 9.90. The first-order chi connectivity index (χ1) is 32.2. The van der Waals surface area contributed by atoms with Gasteiger partial charge in [0.2, 0.25) is 39.2 Å². The van der Waals surface area contributed by atoms with E-state index in [0.29, 0.717) is 54.0 Å². The first-order valence-electron chi connectivity index (χ1n) is 22.7. The third-order valence-corrected chi connectivity index (χ3v) is 13.1. The molecule has 2 aliphatic heterocycles. The van der Waals surface area contributed by atoms with E-state index in [2.05, 4.69) is 15.6 Å². The summed E-state index contributed by atoms with van der Waals surface area (Å²) < 4.78 is 100.0. The molecule has 15 nitrogen and oxygen atoms in total. The smallest absolute Gasteiger partial charge is 0.407 e. The molecule has 0 atom stereocenters. The number of halogens is 4. The average molecular weight is 987 g/mol. The number of nitrogens with two attached hydrogens (primary N) is 1. The van der Waals surface area contributed by atoms with Crippen molar-refractivity contribution in [2.45, 2.75) is 104 Å². The Labute approximate surface area is 400 Å². The lowest BCUT2D eigenvalue weighted by Crippen LogP contribution is -2.53. The number of hydrogen-bond donors (Lipinski definition) is 3. The molecule has 0 saturated carbocycles. The van der Waals surface area contributed by atoms with Gasteiger partial charge < -0.3 is 35.5 Å². The van der Waals surface area contributed by atoms with Crippen LogP contribution in [0.5, 0.6) is 5.75 Å². The van der Waals surface area contributed by atoms with Crippen LogP contribution in [0.25, 0.3) is 17.2 Å². The molecule has 0 spiro atoms. The number of carbonyl (C=O) groups is 4. The molecular weight excluding hydrogens is 925 g/mol. The number of benzene rings is 3. The number of alkyl carbamates (subject to hydrolysis) is 1. The van der Waals surface area contributed by atoms with Crippen LogP contribution in [0.1, 0.15) is 93.1 Å². The Morgan fingerprint density at radius 1 is 0.899 bits per heavy atom. The Kier molecular flexibility index (Phi) is 17.5. The molecule has 0 bridgehead atoms. The Morgan fingerprint density at radius 2 is 1.57 bits per heavy atom. The summed E-state index contributed by atoms with van der Waals surface area (Å²) in [6.45, 7) is 15.1. The largest absolute Gasteiger partial charge is 0.444 e. The summed E-state index contributed by atoms with van der Waals surface area (Å²) in [6.07, 6.45) is 2.50. The molecule has 3 aromatic carbocycles. The van der Waals surface area contributed by atoms with Crippen LogP contribution in [0.15, 0.2) is 64.0 Å². The lowest BCUT2D eigenvalue weighted by molar-refractivity contribution is -0.147. The Bertz CT molecular complexity index is 2570. The van der Waals surface area contributed by atoms with E-state index in [1.165, 1.54) is 24.2 Å². The minimum Gasteiger partial charge on any atom is -0.444 e. The first-order valence-corrected chi connectivity index (χ1v) is 24.1. The highest BCUT2D eigenvalue weighted by molar-refractivity contribution is 7.89. The molecule has 0 unspecified atom stereocenters. The number of nitrogens with one attached hydrogen (secondary N) is 2. The second kappa shape index (κ2) is 22.3. The number of rotatable bonds is 20. The zero-order valence-corrected chi connectivity index (χ0v) is 41.1. The standard InChI is InChI=1S/C49H62F4N6O9S/c1-9-18-58(19-11-17-55-46(63)68-47(2,3)4)44(61)34-21-33-15-14-32(23-38(33)57-39(54)24-34)31-12-10-13-35(22-31)69(64,65)59-28-30(29-59)27-56-40(60)26-49(7,8)66-20-16-48(5,6)45(62)67-43-41(52)36(50)25-37(51)42(43)53/h10,12-15,21-23,25,30H,9,11,16-20,24,26-29H2,1-8H3,(H2,54,57)(H,55,63)(H,56,60). The van der Waals surface area contributed by atoms with Crippen molar-refractivity contribution in [1.29, 1.82) is 0 Å². The monoisotopic (exact) mass is 986 g/mol. The highest BCUT2D eigenvalue weighted by atomic mass is 32.2. The van der Waals surface area contributed by atoms with Gasteiger partial charge in [-0.05, 0) is 103 Å². The van der Waals surface area contributed by atoms with E-state index in [4.69, 9.17) is 19.9 Å². The van der Waals surface area contributed by atoms with Crippen LogP contribution in [0, 0.1) is 34.6 Å². The Hall–Kier alpha value is -5.86. The molecular formula is C49H62F4N6O9S. The number of hydrogen-bond acceptors (Lipinski definition) is 11.